The van der Waals surface area contributed by atoms with Gasteiger partial charge in [0, 0.05) is 18.9 Å². The van der Waals surface area contributed by atoms with Crippen LogP contribution < -0.4 is 5.32 Å². The number of carbonyl (C=O) groups excluding carboxylic acids is 1. The van der Waals surface area contributed by atoms with Gasteiger partial charge < -0.3 is 15.5 Å². The largest absolute Gasteiger partial charge is 0.481 e. The van der Waals surface area contributed by atoms with Gasteiger partial charge in [0.1, 0.15) is 0 Å². The Morgan fingerprint density at radius 3 is 2.04 bits per heavy atom. The zero-order chi connectivity index (χ0) is 19.1. The zero-order valence-corrected chi connectivity index (χ0v) is 15.8. The number of nitrogens with one attached hydrogen (secondary N) is 1. The van der Waals surface area contributed by atoms with Crippen LogP contribution in [0.4, 0.5) is 0 Å². The van der Waals surface area contributed by atoms with Crippen molar-refractivity contribution in [2.45, 2.75) is 67.2 Å². The Morgan fingerprint density at radius 2 is 1.58 bits per heavy atom. The standard InChI is InChI=1S/C18H33NO5/c1-12(7-8-14(20)21)9-13(2)15(22)19-11-17(3,4)10-18(5,6)16(23)24/h12-13H,7-11H2,1-6H3,(H,19,22)(H,20,21)(H,23,24). The first-order valence-corrected chi connectivity index (χ1v) is 8.50. The van der Waals surface area contributed by atoms with Crippen LogP contribution in [-0.4, -0.2) is 34.6 Å². The molecule has 0 spiro atoms. The van der Waals surface area contributed by atoms with Crippen LogP contribution in [-0.2, 0) is 14.4 Å². The van der Waals surface area contributed by atoms with Crippen molar-refractivity contribution in [2.75, 3.05) is 6.54 Å². The number of carbonyl (C=O) groups is 3. The highest BCUT2D eigenvalue weighted by Crippen LogP contribution is 2.33. The number of hydrogen-bond donors (Lipinski definition) is 3. The highest BCUT2D eigenvalue weighted by atomic mass is 16.4. The quantitative estimate of drug-likeness (QED) is 0.534. The molecule has 3 N–H and O–H groups in total. The molecule has 0 fully saturated rings. The molecule has 0 aromatic heterocycles. The lowest BCUT2D eigenvalue weighted by molar-refractivity contribution is -0.148. The van der Waals surface area contributed by atoms with Crippen LogP contribution in [0.3, 0.4) is 0 Å². The molecule has 0 aromatic rings. The predicted molar refractivity (Wildman–Crippen MR) is 92.6 cm³/mol. The molecule has 0 aliphatic heterocycles. The monoisotopic (exact) mass is 343 g/mol. The van der Waals surface area contributed by atoms with Crippen molar-refractivity contribution in [3.63, 3.8) is 0 Å². The average molecular weight is 343 g/mol. The van der Waals surface area contributed by atoms with E-state index in [2.05, 4.69) is 5.32 Å². The average Bonchev–Trinajstić information content (AvgIpc) is 2.41. The number of carboxylic acid groups (broad SMARTS) is 2. The van der Waals surface area contributed by atoms with Gasteiger partial charge >= 0.3 is 11.9 Å². The van der Waals surface area contributed by atoms with E-state index in [0.717, 1.165) is 0 Å². The molecule has 140 valence electrons. The molecule has 0 saturated carbocycles. The van der Waals surface area contributed by atoms with Crippen LogP contribution in [0, 0.1) is 22.7 Å². The number of carboxylic acids is 2. The first-order valence-electron chi connectivity index (χ1n) is 8.50. The molecular formula is C18H33NO5. The van der Waals surface area contributed by atoms with Gasteiger partial charge in [-0.3, -0.25) is 14.4 Å². The second-order valence-electron chi connectivity index (χ2n) is 8.42. The third-order valence-corrected chi connectivity index (χ3v) is 4.30. The van der Waals surface area contributed by atoms with Crippen molar-refractivity contribution in [1.29, 1.82) is 0 Å². The molecule has 0 aliphatic rings. The van der Waals surface area contributed by atoms with E-state index in [1.807, 2.05) is 27.7 Å². The van der Waals surface area contributed by atoms with E-state index < -0.39 is 17.4 Å². The van der Waals surface area contributed by atoms with Crippen molar-refractivity contribution >= 4 is 17.8 Å². The maximum absolute atomic E-state index is 12.2. The Kier molecular flexibility index (Phi) is 8.44. The van der Waals surface area contributed by atoms with Gasteiger partial charge in [0.15, 0.2) is 0 Å². The summed E-state index contributed by atoms with van der Waals surface area (Å²) in [6.07, 6.45) is 1.78. The Bertz CT molecular complexity index is 456. The summed E-state index contributed by atoms with van der Waals surface area (Å²) >= 11 is 0. The molecule has 0 bridgehead atoms. The lowest BCUT2D eigenvalue weighted by atomic mass is 9.75. The molecule has 0 saturated heterocycles. The zero-order valence-electron chi connectivity index (χ0n) is 15.8. The van der Waals surface area contributed by atoms with Gasteiger partial charge in [0.05, 0.1) is 5.41 Å². The second kappa shape index (κ2) is 9.04. The van der Waals surface area contributed by atoms with E-state index in [9.17, 15) is 19.5 Å². The van der Waals surface area contributed by atoms with E-state index in [1.165, 1.54) is 0 Å². The van der Waals surface area contributed by atoms with E-state index in [-0.39, 0.29) is 29.6 Å². The van der Waals surface area contributed by atoms with Crippen molar-refractivity contribution < 1.29 is 24.6 Å². The molecule has 0 radical (unpaired) electrons. The molecule has 0 rings (SSSR count). The fraction of sp³-hybridized carbons (Fsp3) is 0.833. The lowest BCUT2D eigenvalue weighted by Gasteiger charge is -2.32. The molecule has 2 atom stereocenters. The van der Waals surface area contributed by atoms with E-state index in [1.54, 1.807) is 13.8 Å². The maximum Gasteiger partial charge on any atom is 0.309 e. The maximum atomic E-state index is 12.2. The summed E-state index contributed by atoms with van der Waals surface area (Å²) in [5.74, 6) is -1.76. The highest BCUT2D eigenvalue weighted by molar-refractivity contribution is 5.78. The smallest absolute Gasteiger partial charge is 0.309 e. The first-order chi connectivity index (χ1) is 10.8. The Labute approximate surface area is 145 Å². The third kappa shape index (κ3) is 8.89. The normalized spacial score (nSPS) is 14.8. The number of rotatable bonds is 11. The first kappa shape index (κ1) is 22.4. The van der Waals surface area contributed by atoms with Crippen molar-refractivity contribution in [3.05, 3.63) is 0 Å². The van der Waals surface area contributed by atoms with Crippen molar-refractivity contribution in [1.82, 2.24) is 5.32 Å². The summed E-state index contributed by atoms with van der Waals surface area (Å²) in [6, 6.07) is 0. The van der Waals surface area contributed by atoms with Gasteiger partial charge in [-0.15, -0.1) is 0 Å². The molecule has 0 aromatic carbocycles. The van der Waals surface area contributed by atoms with Crippen LogP contribution in [0.5, 0.6) is 0 Å². The van der Waals surface area contributed by atoms with Crippen LogP contribution in [0.15, 0.2) is 0 Å². The molecule has 1 amide bonds. The topological polar surface area (TPSA) is 104 Å². The van der Waals surface area contributed by atoms with E-state index in [4.69, 9.17) is 5.11 Å². The molecule has 0 heterocycles. The molecule has 6 heteroatoms. The summed E-state index contributed by atoms with van der Waals surface area (Å²) in [5.41, 5.74) is -1.17. The van der Waals surface area contributed by atoms with E-state index in [0.29, 0.717) is 25.8 Å². The van der Waals surface area contributed by atoms with Crippen LogP contribution >= 0.6 is 0 Å². The van der Waals surface area contributed by atoms with Gasteiger partial charge in [0.25, 0.3) is 0 Å². The van der Waals surface area contributed by atoms with Crippen molar-refractivity contribution in [3.8, 4) is 0 Å². The molecule has 6 nitrogen and oxygen atoms in total. The molecular weight excluding hydrogens is 310 g/mol. The fourth-order valence-corrected chi connectivity index (χ4v) is 3.03. The number of aliphatic carboxylic acids is 2. The Morgan fingerprint density at radius 1 is 1.04 bits per heavy atom. The SMILES string of the molecule is CC(CCC(=O)O)CC(C)C(=O)NCC(C)(C)CC(C)(C)C(=O)O. The minimum atomic E-state index is -0.845. The fourth-order valence-electron chi connectivity index (χ4n) is 3.03. The van der Waals surface area contributed by atoms with E-state index >= 15 is 0 Å². The van der Waals surface area contributed by atoms with Crippen LogP contribution in [0.1, 0.15) is 67.2 Å². The summed E-state index contributed by atoms with van der Waals surface area (Å²) in [5, 5.41) is 20.8. The molecule has 24 heavy (non-hydrogen) atoms. The van der Waals surface area contributed by atoms with Gasteiger partial charge in [-0.25, -0.2) is 0 Å². The van der Waals surface area contributed by atoms with Crippen LogP contribution in [0.25, 0.3) is 0 Å². The van der Waals surface area contributed by atoms with Crippen molar-refractivity contribution in [2.24, 2.45) is 22.7 Å². The Balaban J connectivity index is 4.40. The van der Waals surface area contributed by atoms with Gasteiger partial charge in [0.2, 0.25) is 5.91 Å². The predicted octanol–water partition coefficient (Wildman–Crippen LogP) is 3.16. The minimum Gasteiger partial charge on any atom is -0.481 e. The van der Waals surface area contributed by atoms with Gasteiger partial charge in [-0.05, 0) is 44.4 Å². The molecule has 0 aliphatic carbocycles. The lowest BCUT2D eigenvalue weighted by Crippen LogP contribution is -2.40. The molecule has 2 unspecified atom stereocenters. The number of amides is 1. The van der Waals surface area contributed by atoms with Gasteiger partial charge in [-0.2, -0.15) is 0 Å². The summed E-state index contributed by atoms with van der Waals surface area (Å²) in [4.78, 5) is 34.0. The second-order valence-corrected chi connectivity index (χ2v) is 8.42. The number of hydrogen-bond acceptors (Lipinski definition) is 3. The minimum absolute atomic E-state index is 0.0709. The van der Waals surface area contributed by atoms with Gasteiger partial charge in [-0.1, -0.05) is 27.7 Å². The summed E-state index contributed by atoms with van der Waals surface area (Å²) in [6.45, 7) is 11.5. The Hall–Kier alpha value is -1.59. The summed E-state index contributed by atoms with van der Waals surface area (Å²) in [7, 11) is 0. The highest BCUT2D eigenvalue weighted by Gasteiger charge is 2.35. The third-order valence-electron chi connectivity index (χ3n) is 4.30. The van der Waals surface area contributed by atoms with Crippen LogP contribution in [0.2, 0.25) is 0 Å². The summed E-state index contributed by atoms with van der Waals surface area (Å²) < 4.78 is 0.